The molecule has 2 atom stereocenters. The molecule has 0 aliphatic rings. The van der Waals surface area contributed by atoms with Crippen LogP contribution in [-0.4, -0.2) is 64.7 Å². The number of H-pyrrole nitrogens is 1. The molecule has 20 heavy (non-hydrogen) atoms. The second-order valence-corrected chi connectivity index (χ2v) is 4.95. The summed E-state index contributed by atoms with van der Waals surface area (Å²) in [6.07, 6.45) is 3.16. The lowest BCUT2D eigenvalue weighted by molar-refractivity contribution is -0.139. The van der Waals surface area contributed by atoms with E-state index < -0.39 is 18.0 Å². The summed E-state index contributed by atoms with van der Waals surface area (Å²) in [5.41, 5.74) is 0.652. The van der Waals surface area contributed by atoms with Gasteiger partial charge < -0.3 is 25.6 Å². The van der Waals surface area contributed by atoms with E-state index in [0.717, 1.165) is 0 Å². The van der Waals surface area contributed by atoms with Crippen molar-refractivity contribution in [2.24, 2.45) is 0 Å². The molecule has 4 N–H and O–H groups in total. The van der Waals surface area contributed by atoms with Crippen LogP contribution in [0.2, 0.25) is 0 Å². The Morgan fingerprint density at radius 2 is 2.15 bits per heavy atom. The summed E-state index contributed by atoms with van der Waals surface area (Å²) in [6, 6.07) is -1.57. The van der Waals surface area contributed by atoms with Gasteiger partial charge >= 0.3 is 12.0 Å². The molecule has 1 rings (SSSR count). The van der Waals surface area contributed by atoms with Crippen molar-refractivity contribution < 1.29 is 14.7 Å². The average Bonchev–Trinajstić information content (AvgIpc) is 2.79. The Morgan fingerprint density at radius 3 is 2.65 bits per heavy atom. The van der Waals surface area contributed by atoms with Crippen molar-refractivity contribution in [1.82, 2.24) is 25.5 Å². The minimum absolute atomic E-state index is 0.0772. The zero-order valence-electron chi connectivity index (χ0n) is 11.9. The number of urea groups is 1. The number of nitrogens with zero attached hydrogens (tertiary/aromatic N) is 2. The number of nitrogens with one attached hydrogen (secondary N) is 3. The number of aliphatic carboxylic acids is 1. The van der Waals surface area contributed by atoms with E-state index in [1.807, 2.05) is 25.9 Å². The van der Waals surface area contributed by atoms with Crippen molar-refractivity contribution in [3.63, 3.8) is 0 Å². The van der Waals surface area contributed by atoms with E-state index in [9.17, 15) is 9.59 Å². The van der Waals surface area contributed by atoms with Gasteiger partial charge in [0.2, 0.25) is 0 Å². The van der Waals surface area contributed by atoms with Gasteiger partial charge in [-0.3, -0.25) is 0 Å². The fourth-order valence-electron chi connectivity index (χ4n) is 1.83. The fourth-order valence-corrected chi connectivity index (χ4v) is 1.83. The molecule has 1 aromatic rings. The van der Waals surface area contributed by atoms with Crippen molar-refractivity contribution in [2.75, 3.05) is 20.6 Å². The van der Waals surface area contributed by atoms with Crippen molar-refractivity contribution in [1.29, 1.82) is 0 Å². The highest BCUT2D eigenvalue weighted by Crippen LogP contribution is 1.99. The molecule has 1 aromatic heterocycles. The molecule has 2 amide bonds. The molecule has 0 radical (unpaired) electrons. The van der Waals surface area contributed by atoms with Gasteiger partial charge in [0, 0.05) is 30.9 Å². The molecule has 1 heterocycles. The van der Waals surface area contributed by atoms with Gasteiger partial charge in [0.15, 0.2) is 0 Å². The number of hydrogen-bond donors (Lipinski definition) is 4. The number of rotatable bonds is 7. The Kier molecular flexibility index (Phi) is 5.98. The molecule has 0 aromatic carbocycles. The quantitative estimate of drug-likeness (QED) is 0.547. The van der Waals surface area contributed by atoms with Crippen LogP contribution in [0.4, 0.5) is 4.79 Å². The van der Waals surface area contributed by atoms with E-state index in [1.54, 1.807) is 0 Å². The monoisotopic (exact) mass is 283 g/mol. The van der Waals surface area contributed by atoms with Gasteiger partial charge in [-0.25, -0.2) is 14.6 Å². The highest BCUT2D eigenvalue weighted by Gasteiger charge is 2.21. The van der Waals surface area contributed by atoms with E-state index in [-0.39, 0.29) is 12.5 Å². The van der Waals surface area contributed by atoms with E-state index in [2.05, 4.69) is 20.6 Å². The van der Waals surface area contributed by atoms with Gasteiger partial charge in [0.1, 0.15) is 6.04 Å². The first kappa shape index (κ1) is 16.0. The van der Waals surface area contributed by atoms with Crippen LogP contribution in [0.25, 0.3) is 0 Å². The van der Waals surface area contributed by atoms with E-state index in [4.69, 9.17) is 5.11 Å². The Hall–Kier alpha value is -2.09. The van der Waals surface area contributed by atoms with Crippen LogP contribution in [0.1, 0.15) is 12.6 Å². The molecule has 0 aliphatic heterocycles. The Labute approximate surface area is 117 Å². The summed E-state index contributed by atoms with van der Waals surface area (Å²) in [5.74, 6) is -1.09. The van der Waals surface area contributed by atoms with Crippen LogP contribution in [0.3, 0.4) is 0 Å². The Morgan fingerprint density at radius 1 is 1.45 bits per heavy atom. The third kappa shape index (κ3) is 5.70. The molecule has 0 spiro atoms. The van der Waals surface area contributed by atoms with Crippen LogP contribution in [0.15, 0.2) is 12.5 Å². The average molecular weight is 283 g/mol. The summed E-state index contributed by atoms with van der Waals surface area (Å²) >= 11 is 0. The second-order valence-electron chi connectivity index (χ2n) is 4.95. The number of carboxylic acids is 1. The summed E-state index contributed by atoms with van der Waals surface area (Å²) in [7, 11) is 3.79. The lowest BCUT2D eigenvalue weighted by Crippen LogP contribution is -2.51. The topological polar surface area (TPSA) is 110 Å². The highest BCUT2D eigenvalue weighted by atomic mass is 16.4. The standard InChI is InChI=1S/C12H21N5O3/c1-8(6-17(2)3)15-12(20)16-10(11(18)19)4-9-5-13-7-14-9/h5,7-8,10H,4,6H2,1-3H3,(H,13,14)(H,18,19)(H2,15,16,20). The molecular formula is C12H21N5O3. The lowest BCUT2D eigenvalue weighted by Gasteiger charge is -2.20. The first-order valence-electron chi connectivity index (χ1n) is 6.30. The zero-order chi connectivity index (χ0) is 15.1. The first-order chi connectivity index (χ1) is 9.38. The largest absolute Gasteiger partial charge is 0.480 e. The molecule has 0 fully saturated rings. The van der Waals surface area contributed by atoms with Gasteiger partial charge in [-0.15, -0.1) is 0 Å². The third-order valence-corrected chi connectivity index (χ3v) is 2.60. The SMILES string of the molecule is CC(CN(C)C)NC(=O)NC(Cc1cnc[nH]1)C(=O)O. The van der Waals surface area contributed by atoms with Crippen LogP contribution < -0.4 is 10.6 Å². The number of carbonyl (C=O) groups excluding carboxylic acids is 1. The van der Waals surface area contributed by atoms with Gasteiger partial charge in [-0.05, 0) is 21.0 Å². The number of aromatic nitrogens is 2. The maximum Gasteiger partial charge on any atom is 0.326 e. The van der Waals surface area contributed by atoms with Crippen LogP contribution in [0, 0.1) is 0 Å². The molecule has 0 saturated heterocycles. The summed E-state index contributed by atoms with van der Waals surface area (Å²) in [6.45, 7) is 2.52. The Bertz CT molecular complexity index is 432. The summed E-state index contributed by atoms with van der Waals surface area (Å²) in [4.78, 5) is 31.4. The summed E-state index contributed by atoms with van der Waals surface area (Å²) in [5, 5.41) is 14.3. The number of carboxylic acid groups (broad SMARTS) is 1. The Balaban J connectivity index is 2.49. The zero-order valence-corrected chi connectivity index (χ0v) is 11.9. The predicted molar refractivity (Wildman–Crippen MR) is 73.4 cm³/mol. The highest BCUT2D eigenvalue weighted by molar-refractivity contribution is 5.82. The molecule has 8 nitrogen and oxygen atoms in total. The minimum atomic E-state index is -1.09. The molecule has 0 aliphatic carbocycles. The molecule has 2 unspecified atom stereocenters. The van der Waals surface area contributed by atoms with Crippen LogP contribution >= 0.6 is 0 Å². The van der Waals surface area contributed by atoms with E-state index in [1.165, 1.54) is 12.5 Å². The maximum atomic E-state index is 11.7. The molecule has 0 saturated carbocycles. The molecule has 0 bridgehead atoms. The molecule has 8 heteroatoms. The smallest absolute Gasteiger partial charge is 0.326 e. The number of aromatic amines is 1. The maximum absolute atomic E-state index is 11.7. The number of carbonyl (C=O) groups is 2. The number of imidazole rings is 1. The minimum Gasteiger partial charge on any atom is -0.480 e. The van der Waals surface area contributed by atoms with Gasteiger partial charge in [-0.2, -0.15) is 0 Å². The van der Waals surface area contributed by atoms with Crippen molar-refractivity contribution in [3.8, 4) is 0 Å². The number of hydrogen-bond acceptors (Lipinski definition) is 4. The van der Waals surface area contributed by atoms with Crippen molar-refractivity contribution >= 4 is 12.0 Å². The van der Waals surface area contributed by atoms with Gasteiger partial charge in [-0.1, -0.05) is 0 Å². The predicted octanol–water partition coefficient (Wildman–Crippen LogP) is -0.345. The summed E-state index contributed by atoms with van der Waals surface area (Å²) < 4.78 is 0. The number of amides is 2. The van der Waals surface area contributed by atoms with Crippen molar-refractivity contribution in [2.45, 2.75) is 25.4 Å². The van der Waals surface area contributed by atoms with E-state index in [0.29, 0.717) is 12.2 Å². The van der Waals surface area contributed by atoms with E-state index >= 15 is 0 Å². The van der Waals surface area contributed by atoms with Crippen LogP contribution in [0.5, 0.6) is 0 Å². The molecular weight excluding hydrogens is 262 g/mol. The van der Waals surface area contributed by atoms with Crippen molar-refractivity contribution in [3.05, 3.63) is 18.2 Å². The fraction of sp³-hybridized carbons (Fsp3) is 0.583. The molecule has 112 valence electrons. The first-order valence-corrected chi connectivity index (χ1v) is 6.30. The van der Waals surface area contributed by atoms with Crippen LogP contribution in [-0.2, 0) is 11.2 Å². The lowest BCUT2D eigenvalue weighted by atomic mass is 10.1. The van der Waals surface area contributed by atoms with Gasteiger partial charge in [0.25, 0.3) is 0 Å². The number of likely N-dealkylation sites (N-methyl/N-ethyl adjacent to an activating group) is 1. The second kappa shape index (κ2) is 7.49. The van der Waals surface area contributed by atoms with Gasteiger partial charge in [0.05, 0.1) is 6.33 Å². The third-order valence-electron chi connectivity index (χ3n) is 2.60. The normalized spacial score (nSPS) is 13.8.